The van der Waals surface area contributed by atoms with Crippen LogP contribution in [0.5, 0.6) is 0 Å². The Morgan fingerprint density at radius 2 is 1.47 bits per heavy atom. The van der Waals surface area contributed by atoms with E-state index in [0.717, 1.165) is 26.2 Å². The zero-order chi connectivity index (χ0) is 21.1. The van der Waals surface area contributed by atoms with Crippen molar-refractivity contribution in [1.82, 2.24) is 19.6 Å². The minimum absolute atomic E-state index is 0.127. The average molecular weight is 406 g/mol. The Bertz CT molecular complexity index is 956. The predicted octanol–water partition coefficient (Wildman–Crippen LogP) is 3.77. The van der Waals surface area contributed by atoms with Gasteiger partial charge in [0.15, 0.2) is 0 Å². The molecule has 2 aromatic carbocycles. The lowest BCUT2D eigenvalue weighted by Crippen LogP contribution is -2.48. The van der Waals surface area contributed by atoms with Gasteiger partial charge < -0.3 is 0 Å². The van der Waals surface area contributed by atoms with Crippen molar-refractivity contribution in [1.29, 1.82) is 0 Å². The normalized spacial score (nSPS) is 15.6. The quantitative estimate of drug-likeness (QED) is 0.461. The lowest BCUT2D eigenvalue weighted by Gasteiger charge is -2.39. The molecule has 156 valence electrons. The van der Waals surface area contributed by atoms with Gasteiger partial charge in [0.2, 0.25) is 0 Å². The molecule has 0 aliphatic carbocycles. The number of nitro groups is 1. The summed E-state index contributed by atoms with van der Waals surface area (Å²) in [7, 11) is 0. The van der Waals surface area contributed by atoms with E-state index < -0.39 is 0 Å². The van der Waals surface area contributed by atoms with Crippen molar-refractivity contribution in [2.75, 3.05) is 26.2 Å². The number of aryl methyl sites for hydroxylation is 1. The molecule has 1 saturated heterocycles. The van der Waals surface area contributed by atoms with Crippen LogP contribution in [0.15, 0.2) is 60.7 Å². The number of rotatable bonds is 6. The second-order valence-electron chi connectivity index (χ2n) is 7.80. The summed E-state index contributed by atoms with van der Waals surface area (Å²) in [5.41, 5.74) is 3.82. The van der Waals surface area contributed by atoms with Crippen LogP contribution >= 0.6 is 0 Å². The van der Waals surface area contributed by atoms with Gasteiger partial charge in [0.05, 0.1) is 17.6 Å². The molecule has 3 aromatic rings. The highest BCUT2D eigenvalue weighted by Crippen LogP contribution is 2.29. The van der Waals surface area contributed by atoms with Gasteiger partial charge in [0.1, 0.15) is 11.4 Å². The molecule has 2 heterocycles. The third-order valence-corrected chi connectivity index (χ3v) is 5.86. The third-order valence-electron chi connectivity index (χ3n) is 5.86. The smallest absolute Gasteiger partial charge is 0.290 e. The number of nitrogens with zero attached hydrogens (tertiary/aromatic N) is 5. The van der Waals surface area contributed by atoms with Crippen LogP contribution in [0.2, 0.25) is 0 Å². The fourth-order valence-electron chi connectivity index (χ4n) is 4.33. The summed E-state index contributed by atoms with van der Waals surface area (Å²) in [6.07, 6.45) is 0. The Balaban J connectivity index is 1.48. The first kappa shape index (κ1) is 20.3. The minimum atomic E-state index is -0.337. The molecule has 4 rings (SSSR count). The molecule has 30 heavy (non-hydrogen) atoms. The summed E-state index contributed by atoms with van der Waals surface area (Å²) in [6, 6.07) is 21.5. The van der Waals surface area contributed by atoms with Gasteiger partial charge in [-0.05, 0) is 25.0 Å². The van der Waals surface area contributed by atoms with Gasteiger partial charge in [-0.2, -0.15) is 5.10 Å². The van der Waals surface area contributed by atoms with Crippen molar-refractivity contribution < 1.29 is 4.92 Å². The highest BCUT2D eigenvalue weighted by atomic mass is 16.6. The first-order valence-corrected chi connectivity index (χ1v) is 10.3. The van der Waals surface area contributed by atoms with E-state index in [9.17, 15) is 10.1 Å². The molecule has 1 aromatic heterocycles. The van der Waals surface area contributed by atoms with Crippen molar-refractivity contribution >= 4 is 5.69 Å². The summed E-state index contributed by atoms with van der Waals surface area (Å²) in [5, 5.41) is 15.7. The van der Waals surface area contributed by atoms with Gasteiger partial charge in [-0.3, -0.25) is 19.9 Å². The van der Waals surface area contributed by atoms with E-state index in [0.29, 0.717) is 18.1 Å². The van der Waals surface area contributed by atoms with Gasteiger partial charge in [-0.25, -0.2) is 4.68 Å². The van der Waals surface area contributed by atoms with Crippen LogP contribution in [0, 0.1) is 24.0 Å². The maximum Gasteiger partial charge on any atom is 0.312 e. The standard InChI is InChI=1S/C23H27N5O2/c1-18-22(28(29)30)19(2)27(24-18)17-25-13-15-26(16-14-25)23(20-9-5-3-6-10-20)21-11-7-4-8-12-21/h3-12,23H,13-17H2,1-2H3. The molecule has 0 amide bonds. The lowest BCUT2D eigenvalue weighted by molar-refractivity contribution is -0.386. The van der Waals surface area contributed by atoms with Crippen molar-refractivity contribution in [3.05, 3.63) is 93.3 Å². The van der Waals surface area contributed by atoms with E-state index in [1.165, 1.54) is 11.1 Å². The highest BCUT2D eigenvalue weighted by Gasteiger charge is 2.28. The van der Waals surface area contributed by atoms with Crippen LogP contribution in [0.25, 0.3) is 0 Å². The molecule has 0 atom stereocenters. The second kappa shape index (κ2) is 8.77. The Kier molecular flexibility index (Phi) is 5.92. The Labute approximate surface area is 176 Å². The number of hydrogen-bond acceptors (Lipinski definition) is 5. The molecule has 0 spiro atoms. The summed E-state index contributed by atoms with van der Waals surface area (Å²) in [5.74, 6) is 0. The summed E-state index contributed by atoms with van der Waals surface area (Å²) in [4.78, 5) is 15.8. The first-order valence-electron chi connectivity index (χ1n) is 10.3. The summed E-state index contributed by atoms with van der Waals surface area (Å²) in [6.45, 7) is 7.69. The molecular weight excluding hydrogens is 378 g/mol. The fraction of sp³-hybridized carbons (Fsp3) is 0.348. The zero-order valence-corrected chi connectivity index (χ0v) is 17.4. The first-order chi connectivity index (χ1) is 14.5. The highest BCUT2D eigenvalue weighted by molar-refractivity contribution is 5.39. The SMILES string of the molecule is Cc1nn(CN2CCN(C(c3ccccc3)c3ccccc3)CC2)c(C)c1[N+](=O)[O-]. The molecule has 1 aliphatic rings. The van der Waals surface area contributed by atoms with E-state index >= 15 is 0 Å². The second-order valence-corrected chi connectivity index (χ2v) is 7.80. The topological polar surface area (TPSA) is 67.4 Å². The Morgan fingerprint density at radius 1 is 0.933 bits per heavy atom. The Hall–Kier alpha value is -3.03. The zero-order valence-electron chi connectivity index (χ0n) is 17.4. The average Bonchev–Trinajstić information content (AvgIpc) is 3.04. The maximum atomic E-state index is 11.3. The van der Waals surface area contributed by atoms with E-state index in [1.807, 2.05) is 0 Å². The maximum absolute atomic E-state index is 11.3. The molecular formula is C23H27N5O2. The van der Waals surface area contributed by atoms with Crippen LogP contribution in [-0.2, 0) is 6.67 Å². The van der Waals surface area contributed by atoms with E-state index in [1.54, 1.807) is 18.5 Å². The van der Waals surface area contributed by atoms with E-state index in [-0.39, 0.29) is 16.7 Å². The molecule has 0 bridgehead atoms. The van der Waals surface area contributed by atoms with E-state index in [4.69, 9.17) is 0 Å². The third kappa shape index (κ3) is 4.13. The molecule has 0 saturated carbocycles. The fourth-order valence-corrected chi connectivity index (χ4v) is 4.33. The molecule has 1 fully saturated rings. The van der Waals surface area contributed by atoms with Gasteiger partial charge in [-0.1, -0.05) is 60.7 Å². The largest absolute Gasteiger partial charge is 0.312 e. The van der Waals surface area contributed by atoms with Gasteiger partial charge >= 0.3 is 5.69 Å². The van der Waals surface area contributed by atoms with Crippen molar-refractivity contribution in [2.24, 2.45) is 0 Å². The molecule has 7 heteroatoms. The van der Waals surface area contributed by atoms with Gasteiger partial charge in [0, 0.05) is 26.2 Å². The van der Waals surface area contributed by atoms with Gasteiger partial charge in [-0.15, -0.1) is 0 Å². The molecule has 0 unspecified atom stereocenters. The number of piperazine rings is 1. The summed E-state index contributed by atoms with van der Waals surface area (Å²) >= 11 is 0. The Morgan fingerprint density at radius 3 is 1.93 bits per heavy atom. The lowest BCUT2D eigenvalue weighted by atomic mass is 9.96. The van der Waals surface area contributed by atoms with Gasteiger partial charge in [0.25, 0.3) is 0 Å². The number of hydrogen-bond donors (Lipinski definition) is 0. The monoisotopic (exact) mass is 405 g/mol. The van der Waals surface area contributed by atoms with Crippen LogP contribution in [0.4, 0.5) is 5.69 Å². The molecule has 0 radical (unpaired) electrons. The molecule has 1 aliphatic heterocycles. The molecule has 0 N–H and O–H groups in total. The van der Waals surface area contributed by atoms with Crippen LogP contribution < -0.4 is 0 Å². The van der Waals surface area contributed by atoms with Crippen LogP contribution in [-0.4, -0.2) is 50.7 Å². The van der Waals surface area contributed by atoms with Crippen LogP contribution in [0.1, 0.15) is 28.6 Å². The van der Waals surface area contributed by atoms with Crippen molar-refractivity contribution in [3.63, 3.8) is 0 Å². The van der Waals surface area contributed by atoms with Crippen molar-refractivity contribution in [2.45, 2.75) is 26.6 Å². The number of aromatic nitrogens is 2. The van der Waals surface area contributed by atoms with Crippen LogP contribution in [0.3, 0.4) is 0 Å². The minimum Gasteiger partial charge on any atom is -0.290 e. The predicted molar refractivity (Wildman–Crippen MR) is 116 cm³/mol. The van der Waals surface area contributed by atoms with E-state index in [2.05, 4.69) is 75.6 Å². The molecule has 7 nitrogen and oxygen atoms in total. The number of benzene rings is 2. The van der Waals surface area contributed by atoms with Crippen molar-refractivity contribution in [3.8, 4) is 0 Å². The summed E-state index contributed by atoms with van der Waals surface area (Å²) < 4.78 is 1.76.